The number of ether oxygens (including phenoxy) is 7. The molecular weight excluding hydrogens is 352 g/mol. The minimum absolute atomic E-state index is 0.205. The summed E-state index contributed by atoms with van der Waals surface area (Å²) in [6, 6.07) is 0. The van der Waals surface area contributed by atoms with Gasteiger partial charge >= 0.3 is 0 Å². The Morgan fingerprint density at radius 2 is 1.00 bits per heavy atom. The van der Waals surface area contributed by atoms with Crippen LogP contribution in [0.15, 0.2) is 24.3 Å². The Bertz CT molecular complexity index is 331. The van der Waals surface area contributed by atoms with Crippen LogP contribution in [-0.4, -0.2) is 66.8 Å². The van der Waals surface area contributed by atoms with Crippen molar-refractivity contribution in [1.82, 2.24) is 0 Å². The highest BCUT2D eigenvalue weighted by molar-refractivity contribution is 4.90. The Morgan fingerprint density at radius 1 is 0.630 bits per heavy atom. The predicted molar refractivity (Wildman–Crippen MR) is 104 cm³/mol. The van der Waals surface area contributed by atoms with E-state index in [1.807, 2.05) is 38.2 Å². The molecule has 0 aliphatic rings. The summed E-state index contributed by atoms with van der Waals surface area (Å²) in [6.07, 6.45) is 9.51. The number of hydrogen-bond donors (Lipinski definition) is 0. The molecule has 0 fully saturated rings. The molecule has 0 aromatic heterocycles. The number of rotatable bonds is 18. The lowest BCUT2D eigenvalue weighted by Crippen LogP contribution is -2.24. The van der Waals surface area contributed by atoms with E-state index >= 15 is 0 Å². The van der Waals surface area contributed by atoms with Gasteiger partial charge in [0.1, 0.15) is 0 Å². The summed E-state index contributed by atoms with van der Waals surface area (Å²) in [6.45, 7) is 4.94. The van der Waals surface area contributed by atoms with Crippen LogP contribution < -0.4 is 0 Å². The second-order valence-corrected chi connectivity index (χ2v) is 5.60. The van der Waals surface area contributed by atoms with Crippen molar-refractivity contribution >= 4 is 0 Å². The van der Waals surface area contributed by atoms with E-state index in [1.165, 1.54) is 0 Å². The van der Waals surface area contributed by atoms with Gasteiger partial charge in [-0.2, -0.15) is 0 Å². The molecule has 0 aromatic rings. The molecule has 0 aliphatic carbocycles. The van der Waals surface area contributed by atoms with Crippen LogP contribution in [0.25, 0.3) is 0 Å². The first-order chi connectivity index (χ1) is 13.1. The molecule has 0 saturated carbocycles. The van der Waals surface area contributed by atoms with E-state index in [0.717, 1.165) is 25.7 Å². The molecule has 7 heteroatoms. The van der Waals surface area contributed by atoms with Crippen LogP contribution in [0, 0.1) is 0 Å². The average Bonchev–Trinajstić information content (AvgIpc) is 2.68. The molecule has 0 spiro atoms. The number of hydrogen-bond acceptors (Lipinski definition) is 7. The molecule has 2 atom stereocenters. The lowest BCUT2D eigenvalue weighted by Gasteiger charge is -2.20. The summed E-state index contributed by atoms with van der Waals surface area (Å²) < 4.78 is 37.9. The van der Waals surface area contributed by atoms with Crippen LogP contribution in [0.2, 0.25) is 0 Å². The van der Waals surface area contributed by atoms with Crippen LogP contribution in [0.1, 0.15) is 39.5 Å². The first-order valence-corrected chi connectivity index (χ1v) is 9.48. The SMILES string of the molecule is CCOC(C=CCCC(OC)OC)OC(C=CCCC(OC)OC)OCC. The summed E-state index contributed by atoms with van der Waals surface area (Å²) >= 11 is 0. The van der Waals surface area contributed by atoms with Crippen molar-refractivity contribution in [2.24, 2.45) is 0 Å². The van der Waals surface area contributed by atoms with E-state index in [2.05, 4.69) is 0 Å². The van der Waals surface area contributed by atoms with Gasteiger partial charge in [0.25, 0.3) is 0 Å². The van der Waals surface area contributed by atoms with Crippen molar-refractivity contribution in [2.75, 3.05) is 41.7 Å². The molecule has 0 saturated heterocycles. The Labute approximate surface area is 164 Å². The fourth-order valence-electron chi connectivity index (χ4n) is 2.28. The Morgan fingerprint density at radius 3 is 1.30 bits per heavy atom. The van der Waals surface area contributed by atoms with Crippen molar-refractivity contribution in [3.05, 3.63) is 24.3 Å². The van der Waals surface area contributed by atoms with Gasteiger partial charge in [0.15, 0.2) is 25.2 Å². The van der Waals surface area contributed by atoms with Gasteiger partial charge in [-0.05, 0) is 38.8 Å². The van der Waals surface area contributed by atoms with Crippen LogP contribution in [0.3, 0.4) is 0 Å². The Hall–Kier alpha value is -0.800. The van der Waals surface area contributed by atoms with Crippen LogP contribution in [0.5, 0.6) is 0 Å². The first-order valence-electron chi connectivity index (χ1n) is 9.48. The molecule has 0 amide bonds. The van der Waals surface area contributed by atoms with Crippen molar-refractivity contribution in [2.45, 2.75) is 64.7 Å². The van der Waals surface area contributed by atoms with Gasteiger partial charge in [-0.1, -0.05) is 12.2 Å². The molecule has 2 unspecified atom stereocenters. The predicted octanol–water partition coefficient (Wildman–Crippen LogP) is 3.64. The Balaban J connectivity index is 4.54. The van der Waals surface area contributed by atoms with Crippen LogP contribution in [0.4, 0.5) is 0 Å². The average molecular weight is 391 g/mol. The third-order valence-corrected chi connectivity index (χ3v) is 3.71. The first kappa shape index (κ1) is 26.2. The van der Waals surface area contributed by atoms with Gasteiger partial charge in [-0.25, -0.2) is 0 Å². The highest BCUT2D eigenvalue weighted by Crippen LogP contribution is 2.10. The molecule has 160 valence electrons. The van der Waals surface area contributed by atoms with Crippen molar-refractivity contribution in [3.63, 3.8) is 0 Å². The standard InChI is InChI=1S/C20H38O7/c1-7-25-19(15-11-9-13-17(21-3)22-4)27-20(26-8-2)16-12-10-14-18(23-5)24-6/h11-12,15-20H,7-10,13-14H2,1-6H3. The largest absolute Gasteiger partial charge is 0.356 e. The molecule has 0 radical (unpaired) electrons. The molecule has 7 nitrogen and oxygen atoms in total. The molecule has 0 heterocycles. The van der Waals surface area contributed by atoms with Gasteiger partial charge in [0.05, 0.1) is 0 Å². The lowest BCUT2D eigenvalue weighted by molar-refractivity contribution is -0.204. The minimum Gasteiger partial charge on any atom is -0.356 e. The van der Waals surface area contributed by atoms with E-state index < -0.39 is 12.6 Å². The van der Waals surface area contributed by atoms with Gasteiger partial charge in [0.2, 0.25) is 0 Å². The normalized spacial score (nSPS) is 14.8. The maximum atomic E-state index is 5.91. The molecule has 0 N–H and O–H groups in total. The fourth-order valence-corrected chi connectivity index (χ4v) is 2.28. The van der Waals surface area contributed by atoms with Gasteiger partial charge in [-0.3, -0.25) is 0 Å². The molecule has 0 aromatic carbocycles. The quantitative estimate of drug-likeness (QED) is 0.261. The summed E-state index contributed by atoms with van der Waals surface area (Å²) in [5, 5.41) is 0. The molecular formula is C20H38O7. The van der Waals surface area contributed by atoms with E-state index in [4.69, 9.17) is 33.2 Å². The number of allylic oxidation sites excluding steroid dienone is 2. The summed E-state index contributed by atoms with van der Waals surface area (Å²) in [7, 11) is 6.52. The smallest absolute Gasteiger partial charge is 0.180 e. The summed E-state index contributed by atoms with van der Waals surface area (Å²) in [5.74, 6) is 0. The zero-order valence-corrected chi connectivity index (χ0v) is 17.7. The van der Waals surface area contributed by atoms with Crippen LogP contribution in [-0.2, 0) is 33.2 Å². The third kappa shape index (κ3) is 13.9. The number of methoxy groups -OCH3 is 4. The van der Waals surface area contributed by atoms with Crippen LogP contribution >= 0.6 is 0 Å². The van der Waals surface area contributed by atoms with E-state index in [1.54, 1.807) is 28.4 Å². The minimum atomic E-state index is -0.481. The van der Waals surface area contributed by atoms with Gasteiger partial charge in [0, 0.05) is 54.5 Å². The molecule has 0 aliphatic heterocycles. The highest BCUT2D eigenvalue weighted by Gasteiger charge is 2.13. The molecule has 27 heavy (non-hydrogen) atoms. The zero-order valence-electron chi connectivity index (χ0n) is 17.7. The zero-order chi connectivity index (χ0) is 20.3. The van der Waals surface area contributed by atoms with E-state index in [-0.39, 0.29) is 12.6 Å². The van der Waals surface area contributed by atoms with Gasteiger partial charge < -0.3 is 33.2 Å². The van der Waals surface area contributed by atoms with E-state index in [0.29, 0.717) is 13.2 Å². The van der Waals surface area contributed by atoms with Gasteiger partial charge in [-0.15, -0.1) is 0 Å². The second kappa shape index (κ2) is 18.6. The van der Waals surface area contributed by atoms with Crippen molar-refractivity contribution in [3.8, 4) is 0 Å². The topological polar surface area (TPSA) is 64.6 Å². The third-order valence-electron chi connectivity index (χ3n) is 3.71. The lowest BCUT2D eigenvalue weighted by atomic mass is 10.2. The second-order valence-electron chi connectivity index (χ2n) is 5.60. The fraction of sp³-hybridized carbons (Fsp3) is 0.800. The Kier molecular flexibility index (Phi) is 18.0. The maximum Gasteiger partial charge on any atom is 0.180 e. The monoisotopic (exact) mass is 390 g/mol. The molecule has 0 rings (SSSR count). The summed E-state index contributed by atoms with van der Waals surface area (Å²) in [5.41, 5.74) is 0. The van der Waals surface area contributed by atoms with Crippen molar-refractivity contribution in [1.29, 1.82) is 0 Å². The highest BCUT2D eigenvalue weighted by atomic mass is 16.8. The summed E-state index contributed by atoms with van der Waals surface area (Å²) in [4.78, 5) is 0. The van der Waals surface area contributed by atoms with Crippen molar-refractivity contribution < 1.29 is 33.2 Å². The molecule has 0 bridgehead atoms. The van der Waals surface area contributed by atoms with E-state index in [9.17, 15) is 0 Å². The maximum absolute atomic E-state index is 5.91.